The van der Waals surface area contributed by atoms with Crippen molar-refractivity contribution in [2.45, 2.75) is 31.8 Å². The second kappa shape index (κ2) is 6.80. The molecule has 1 fully saturated rings. The van der Waals surface area contributed by atoms with Crippen molar-refractivity contribution in [1.82, 2.24) is 9.80 Å². The minimum atomic E-state index is -0.931. The smallest absolute Gasteiger partial charge is 0.326 e. The van der Waals surface area contributed by atoms with Gasteiger partial charge in [0.25, 0.3) is 0 Å². The fourth-order valence-corrected chi connectivity index (χ4v) is 2.83. The maximum atomic E-state index is 12.5. The summed E-state index contributed by atoms with van der Waals surface area (Å²) in [7, 11) is 1.68. The molecule has 1 heterocycles. The first-order chi connectivity index (χ1) is 9.99. The van der Waals surface area contributed by atoms with Gasteiger partial charge in [0, 0.05) is 25.2 Å². The van der Waals surface area contributed by atoms with Gasteiger partial charge in [0.2, 0.25) is 0 Å². The third-order valence-electron chi connectivity index (χ3n) is 3.67. The molecule has 1 aliphatic rings. The van der Waals surface area contributed by atoms with Crippen molar-refractivity contribution < 1.29 is 14.7 Å². The van der Waals surface area contributed by atoms with E-state index in [1.54, 1.807) is 19.2 Å². The monoisotopic (exact) mass is 310 g/mol. The number of piperidine rings is 1. The van der Waals surface area contributed by atoms with E-state index in [0.29, 0.717) is 24.5 Å². The molecule has 114 valence electrons. The van der Waals surface area contributed by atoms with E-state index in [4.69, 9.17) is 11.6 Å². The van der Waals surface area contributed by atoms with Gasteiger partial charge in [-0.05, 0) is 37.0 Å². The molecule has 2 rings (SSSR count). The predicted molar refractivity (Wildman–Crippen MR) is 80.3 cm³/mol. The Bertz CT molecular complexity index is 535. The van der Waals surface area contributed by atoms with Crippen molar-refractivity contribution in [2.24, 2.45) is 0 Å². The molecule has 0 radical (unpaired) electrons. The van der Waals surface area contributed by atoms with Crippen LogP contribution >= 0.6 is 11.6 Å². The van der Waals surface area contributed by atoms with E-state index in [1.165, 1.54) is 9.80 Å². The molecule has 0 bridgehead atoms. The van der Waals surface area contributed by atoms with E-state index in [0.717, 1.165) is 18.4 Å². The molecule has 0 spiro atoms. The summed E-state index contributed by atoms with van der Waals surface area (Å²) in [6.45, 7) is 0.901. The van der Waals surface area contributed by atoms with Crippen LogP contribution in [-0.2, 0) is 11.3 Å². The number of carboxylic acids is 1. The molecule has 1 atom stereocenters. The number of nitrogens with zero attached hydrogens (tertiary/aromatic N) is 2. The van der Waals surface area contributed by atoms with Gasteiger partial charge in [-0.25, -0.2) is 9.59 Å². The Balaban J connectivity index is 2.05. The summed E-state index contributed by atoms with van der Waals surface area (Å²) < 4.78 is 0. The van der Waals surface area contributed by atoms with Gasteiger partial charge in [-0.1, -0.05) is 23.7 Å². The second-order valence-corrected chi connectivity index (χ2v) is 5.75. The van der Waals surface area contributed by atoms with Gasteiger partial charge >= 0.3 is 12.0 Å². The molecule has 0 aromatic heterocycles. The highest BCUT2D eigenvalue weighted by Gasteiger charge is 2.33. The average Bonchev–Trinajstić information content (AvgIpc) is 2.46. The van der Waals surface area contributed by atoms with Crippen LogP contribution in [0.25, 0.3) is 0 Å². The van der Waals surface area contributed by atoms with Crippen LogP contribution in [-0.4, -0.2) is 46.5 Å². The van der Waals surface area contributed by atoms with Crippen LogP contribution in [0.15, 0.2) is 24.3 Å². The Hall–Kier alpha value is -1.75. The number of carboxylic acid groups (broad SMARTS) is 1. The molecule has 21 heavy (non-hydrogen) atoms. The number of likely N-dealkylation sites (tertiary alicyclic amines) is 1. The first-order valence-corrected chi connectivity index (χ1v) is 7.36. The van der Waals surface area contributed by atoms with E-state index < -0.39 is 12.0 Å². The van der Waals surface area contributed by atoms with E-state index in [2.05, 4.69) is 0 Å². The fourth-order valence-electron chi connectivity index (χ4n) is 2.61. The molecule has 5 nitrogen and oxygen atoms in total. The van der Waals surface area contributed by atoms with Crippen molar-refractivity contribution in [3.8, 4) is 0 Å². The number of urea groups is 1. The number of halogens is 1. The third kappa shape index (κ3) is 3.88. The minimum Gasteiger partial charge on any atom is -0.480 e. The van der Waals surface area contributed by atoms with Crippen molar-refractivity contribution in [3.05, 3.63) is 34.9 Å². The average molecular weight is 311 g/mol. The van der Waals surface area contributed by atoms with Gasteiger partial charge in [-0.3, -0.25) is 0 Å². The van der Waals surface area contributed by atoms with Crippen molar-refractivity contribution in [3.63, 3.8) is 0 Å². The molecular formula is C15H19ClN2O3. The van der Waals surface area contributed by atoms with E-state index in [9.17, 15) is 14.7 Å². The lowest BCUT2D eigenvalue weighted by molar-refractivity contribution is -0.143. The summed E-state index contributed by atoms with van der Waals surface area (Å²) in [6, 6.07) is 6.33. The molecule has 1 saturated heterocycles. The van der Waals surface area contributed by atoms with Crippen LogP contribution in [0.4, 0.5) is 4.79 Å². The Kier molecular flexibility index (Phi) is 5.07. The Morgan fingerprint density at radius 2 is 2.19 bits per heavy atom. The SMILES string of the molecule is CN(Cc1cccc(Cl)c1)C(=O)N1CCCCC1C(=O)O. The molecule has 1 aromatic carbocycles. The quantitative estimate of drug-likeness (QED) is 0.934. The summed E-state index contributed by atoms with van der Waals surface area (Å²) in [5.74, 6) is -0.931. The summed E-state index contributed by atoms with van der Waals surface area (Å²) in [5.41, 5.74) is 0.919. The highest BCUT2D eigenvalue weighted by Crippen LogP contribution is 2.20. The maximum absolute atomic E-state index is 12.5. The van der Waals surface area contributed by atoms with Crippen molar-refractivity contribution >= 4 is 23.6 Å². The fraction of sp³-hybridized carbons (Fsp3) is 0.467. The first-order valence-electron chi connectivity index (χ1n) is 6.98. The first kappa shape index (κ1) is 15.6. The van der Waals surface area contributed by atoms with E-state index in [1.807, 2.05) is 12.1 Å². The third-order valence-corrected chi connectivity index (χ3v) is 3.90. The van der Waals surface area contributed by atoms with Gasteiger partial charge in [0.15, 0.2) is 0 Å². The maximum Gasteiger partial charge on any atom is 0.326 e. The van der Waals surface area contributed by atoms with Crippen molar-refractivity contribution in [1.29, 1.82) is 0 Å². The zero-order chi connectivity index (χ0) is 15.4. The van der Waals surface area contributed by atoms with Crippen LogP contribution in [0.1, 0.15) is 24.8 Å². The summed E-state index contributed by atoms with van der Waals surface area (Å²) in [5, 5.41) is 9.86. The number of aliphatic carboxylic acids is 1. The summed E-state index contributed by atoms with van der Waals surface area (Å²) >= 11 is 5.93. The van der Waals surface area contributed by atoms with Crippen LogP contribution in [0.5, 0.6) is 0 Å². The predicted octanol–water partition coefficient (Wildman–Crippen LogP) is 2.83. The Morgan fingerprint density at radius 1 is 1.43 bits per heavy atom. The van der Waals surface area contributed by atoms with Gasteiger partial charge < -0.3 is 14.9 Å². The molecule has 1 aliphatic heterocycles. The zero-order valence-electron chi connectivity index (χ0n) is 12.0. The number of carbonyl (C=O) groups excluding carboxylic acids is 1. The normalized spacial score (nSPS) is 18.4. The highest BCUT2D eigenvalue weighted by atomic mass is 35.5. The lowest BCUT2D eigenvalue weighted by Gasteiger charge is -2.35. The molecule has 0 saturated carbocycles. The Labute approximate surface area is 129 Å². The van der Waals surface area contributed by atoms with Crippen LogP contribution in [0.2, 0.25) is 5.02 Å². The molecule has 0 aliphatic carbocycles. The van der Waals surface area contributed by atoms with Crippen LogP contribution in [0, 0.1) is 0 Å². The number of carbonyl (C=O) groups is 2. The van der Waals surface area contributed by atoms with Gasteiger partial charge in [0.05, 0.1) is 0 Å². The zero-order valence-corrected chi connectivity index (χ0v) is 12.7. The van der Waals surface area contributed by atoms with Crippen LogP contribution in [0.3, 0.4) is 0 Å². The number of rotatable bonds is 3. The van der Waals surface area contributed by atoms with Crippen molar-refractivity contribution in [2.75, 3.05) is 13.6 Å². The lowest BCUT2D eigenvalue weighted by Crippen LogP contribution is -2.52. The van der Waals surface area contributed by atoms with E-state index in [-0.39, 0.29) is 6.03 Å². The second-order valence-electron chi connectivity index (χ2n) is 5.31. The number of hydrogen-bond donors (Lipinski definition) is 1. The largest absolute Gasteiger partial charge is 0.480 e. The van der Waals surface area contributed by atoms with Gasteiger partial charge in [-0.15, -0.1) is 0 Å². The molecule has 6 heteroatoms. The number of amides is 2. The number of benzene rings is 1. The topological polar surface area (TPSA) is 60.9 Å². The number of hydrogen-bond acceptors (Lipinski definition) is 2. The van der Waals surface area contributed by atoms with Crippen LogP contribution < -0.4 is 0 Å². The lowest BCUT2D eigenvalue weighted by atomic mass is 10.0. The van der Waals surface area contributed by atoms with Gasteiger partial charge in [-0.2, -0.15) is 0 Å². The highest BCUT2D eigenvalue weighted by molar-refractivity contribution is 6.30. The molecule has 1 aromatic rings. The molecule has 1 unspecified atom stereocenters. The molecule has 2 amide bonds. The summed E-state index contributed by atoms with van der Waals surface area (Å²) in [6.07, 6.45) is 2.21. The molecule has 1 N–H and O–H groups in total. The standard InChI is InChI=1S/C15H19ClN2O3/c1-17(10-11-5-4-6-12(16)9-11)15(21)18-8-3-2-7-13(18)14(19)20/h4-6,9,13H,2-3,7-8,10H2,1H3,(H,19,20). The van der Waals surface area contributed by atoms with E-state index >= 15 is 0 Å². The minimum absolute atomic E-state index is 0.248. The Morgan fingerprint density at radius 3 is 2.86 bits per heavy atom. The van der Waals surface area contributed by atoms with Gasteiger partial charge in [0.1, 0.15) is 6.04 Å². The molecular weight excluding hydrogens is 292 g/mol. The summed E-state index contributed by atoms with van der Waals surface area (Å²) in [4.78, 5) is 26.7.